The average Bonchev–Trinajstić information content (AvgIpc) is 3.18. The molecule has 1 aromatic rings. The van der Waals surface area contributed by atoms with E-state index in [9.17, 15) is 4.79 Å². The van der Waals surface area contributed by atoms with Crippen molar-refractivity contribution in [1.29, 1.82) is 0 Å². The van der Waals surface area contributed by atoms with Gasteiger partial charge in [-0.25, -0.2) is 0 Å². The van der Waals surface area contributed by atoms with E-state index < -0.39 is 0 Å². The van der Waals surface area contributed by atoms with Crippen LogP contribution in [0.25, 0.3) is 0 Å². The van der Waals surface area contributed by atoms with E-state index in [1.165, 1.54) is 12.8 Å². The van der Waals surface area contributed by atoms with Crippen molar-refractivity contribution in [3.05, 3.63) is 29.8 Å². The fraction of sp³-hybridized carbons (Fsp3) is 0.500. The second kappa shape index (κ2) is 5.87. The highest BCUT2D eigenvalue weighted by Gasteiger charge is 2.20. The number of carbonyl (C=O) groups is 1. The predicted molar refractivity (Wildman–Crippen MR) is 73.2 cm³/mol. The summed E-state index contributed by atoms with van der Waals surface area (Å²) in [4.78, 5) is 10.9. The zero-order chi connectivity index (χ0) is 13.0. The third-order valence-corrected chi connectivity index (χ3v) is 3.28. The average molecular weight is 247 g/mol. The fourth-order valence-corrected chi connectivity index (χ4v) is 1.70. The molecule has 1 saturated carbocycles. The number of benzene rings is 1. The summed E-state index contributed by atoms with van der Waals surface area (Å²) >= 11 is 0. The lowest BCUT2D eigenvalue weighted by Gasteiger charge is -2.11. The summed E-state index contributed by atoms with van der Waals surface area (Å²) in [6, 6.07) is 7.99. The largest absolute Gasteiger partial charge is 0.385 e. The molecule has 1 atom stereocenters. The Labute approximate surface area is 108 Å². The van der Waals surface area contributed by atoms with E-state index in [1.54, 1.807) is 6.92 Å². The van der Waals surface area contributed by atoms with E-state index in [0.717, 1.165) is 23.7 Å². The number of hydrogen-bond donors (Lipinski definition) is 3. The molecule has 1 aliphatic rings. The van der Waals surface area contributed by atoms with Crippen LogP contribution in [0.2, 0.25) is 0 Å². The van der Waals surface area contributed by atoms with Gasteiger partial charge >= 0.3 is 0 Å². The Morgan fingerprint density at radius 1 is 1.39 bits per heavy atom. The molecule has 1 aliphatic carbocycles. The Morgan fingerprint density at radius 3 is 2.61 bits per heavy atom. The maximum absolute atomic E-state index is 10.9. The van der Waals surface area contributed by atoms with Gasteiger partial charge in [0, 0.05) is 18.8 Å². The van der Waals surface area contributed by atoms with E-state index in [1.807, 2.05) is 0 Å². The molecule has 4 nitrogen and oxygen atoms in total. The summed E-state index contributed by atoms with van der Waals surface area (Å²) in [5, 5.41) is 6.51. The summed E-state index contributed by atoms with van der Waals surface area (Å²) in [7, 11) is 0. The van der Waals surface area contributed by atoms with Gasteiger partial charge in [-0.15, -0.1) is 0 Å². The van der Waals surface area contributed by atoms with Gasteiger partial charge in [0.2, 0.25) is 5.91 Å². The van der Waals surface area contributed by atoms with Gasteiger partial charge in [-0.2, -0.15) is 0 Å². The molecule has 0 aromatic heterocycles. The van der Waals surface area contributed by atoms with Crippen LogP contribution in [-0.2, 0) is 11.3 Å². The first-order valence-corrected chi connectivity index (χ1v) is 6.50. The van der Waals surface area contributed by atoms with E-state index in [4.69, 9.17) is 5.73 Å². The Morgan fingerprint density at radius 2 is 2.06 bits per heavy atom. The quantitative estimate of drug-likeness (QED) is 0.683. The molecule has 2 rings (SSSR count). The predicted octanol–water partition coefficient (Wildman–Crippen LogP) is 1.47. The van der Waals surface area contributed by atoms with Gasteiger partial charge < -0.3 is 16.4 Å². The standard InChI is InChI=1S/C14H21N3O/c1-10(14(15)18)16-8-12-4-6-13(7-5-12)17-9-11-2-3-11/h4-7,10-11,16-17H,2-3,8-9H2,1H3,(H2,15,18). The molecule has 1 aromatic carbocycles. The minimum absolute atomic E-state index is 0.294. The van der Waals surface area contributed by atoms with Crippen LogP contribution >= 0.6 is 0 Å². The van der Waals surface area contributed by atoms with Crippen LogP contribution in [0.15, 0.2) is 24.3 Å². The number of hydrogen-bond acceptors (Lipinski definition) is 3. The maximum Gasteiger partial charge on any atom is 0.234 e. The second-order valence-corrected chi connectivity index (χ2v) is 5.03. The lowest BCUT2D eigenvalue weighted by Crippen LogP contribution is -2.38. The van der Waals surface area contributed by atoms with Gasteiger partial charge in [-0.3, -0.25) is 4.79 Å². The molecule has 1 unspecified atom stereocenters. The Hall–Kier alpha value is -1.55. The van der Waals surface area contributed by atoms with Crippen molar-refractivity contribution in [2.75, 3.05) is 11.9 Å². The normalized spacial score (nSPS) is 16.3. The number of amides is 1. The summed E-state index contributed by atoms with van der Waals surface area (Å²) in [6.45, 7) is 3.51. The third-order valence-electron chi connectivity index (χ3n) is 3.28. The smallest absolute Gasteiger partial charge is 0.234 e. The van der Waals surface area contributed by atoms with Gasteiger partial charge in [-0.1, -0.05) is 12.1 Å². The van der Waals surface area contributed by atoms with Crippen LogP contribution in [0.1, 0.15) is 25.3 Å². The number of rotatable bonds is 7. The van der Waals surface area contributed by atoms with Gasteiger partial charge in [0.15, 0.2) is 0 Å². The first-order chi connectivity index (χ1) is 8.65. The van der Waals surface area contributed by atoms with Crippen molar-refractivity contribution < 1.29 is 4.79 Å². The summed E-state index contributed by atoms with van der Waals surface area (Å²) in [5.74, 6) is 0.556. The number of primary amides is 1. The molecule has 0 bridgehead atoms. The summed E-state index contributed by atoms with van der Waals surface area (Å²) < 4.78 is 0. The minimum Gasteiger partial charge on any atom is -0.385 e. The van der Waals surface area contributed by atoms with Crippen molar-refractivity contribution in [1.82, 2.24) is 5.32 Å². The lowest BCUT2D eigenvalue weighted by molar-refractivity contribution is -0.119. The molecule has 4 heteroatoms. The number of anilines is 1. The van der Waals surface area contributed by atoms with Crippen molar-refractivity contribution in [2.24, 2.45) is 11.7 Å². The van der Waals surface area contributed by atoms with Gasteiger partial charge in [0.25, 0.3) is 0 Å². The molecule has 0 saturated heterocycles. The second-order valence-electron chi connectivity index (χ2n) is 5.03. The highest BCUT2D eigenvalue weighted by atomic mass is 16.1. The van der Waals surface area contributed by atoms with Crippen LogP contribution in [0.4, 0.5) is 5.69 Å². The molecule has 0 aliphatic heterocycles. The summed E-state index contributed by atoms with van der Waals surface area (Å²) in [6.07, 6.45) is 2.72. The topological polar surface area (TPSA) is 67.2 Å². The molecule has 4 N–H and O–H groups in total. The molecular formula is C14H21N3O. The molecule has 0 heterocycles. The molecule has 1 fully saturated rings. The van der Waals surface area contributed by atoms with E-state index in [0.29, 0.717) is 6.54 Å². The molecule has 0 radical (unpaired) electrons. The molecule has 1 amide bonds. The van der Waals surface area contributed by atoms with E-state index in [-0.39, 0.29) is 11.9 Å². The van der Waals surface area contributed by atoms with Crippen LogP contribution in [0, 0.1) is 5.92 Å². The van der Waals surface area contributed by atoms with Crippen LogP contribution in [0.5, 0.6) is 0 Å². The van der Waals surface area contributed by atoms with E-state index in [2.05, 4.69) is 34.9 Å². The highest BCUT2D eigenvalue weighted by molar-refractivity contribution is 5.79. The SMILES string of the molecule is CC(NCc1ccc(NCC2CC2)cc1)C(N)=O. The van der Waals surface area contributed by atoms with Crippen LogP contribution < -0.4 is 16.4 Å². The fourth-order valence-electron chi connectivity index (χ4n) is 1.70. The first kappa shape index (κ1) is 12.9. The van der Waals surface area contributed by atoms with Crippen molar-refractivity contribution in [2.45, 2.75) is 32.4 Å². The van der Waals surface area contributed by atoms with E-state index >= 15 is 0 Å². The summed E-state index contributed by atoms with van der Waals surface area (Å²) in [5.41, 5.74) is 7.50. The Bertz CT molecular complexity index is 398. The Balaban J connectivity index is 1.77. The molecule has 0 spiro atoms. The monoisotopic (exact) mass is 247 g/mol. The molecular weight excluding hydrogens is 226 g/mol. The third kappa shape index (κ3) is 4.04. The highest BCUT2D eigenvalue weighted by Crippen LogP contribution is 2.28. The number of nitrogens with one attached hydrogen (secondary N) is 2. The number of carbonyl (C=O) groups excluding carboxylic acids is 1. The number of nitrogens with two attached hydrogens (primary N) is 1. The molecule has 98 valence electrons. The van der Waals surface area contributed by atoms with Crippen molar-refractivity contribution >= 4 is 11.6 Å². The van der Waals surface area contributed by atoms with Gasteiger partial charge in [0.1, 0.15) is 0 Å². The van der Waals surface area contributed by atoms with Crippen molar-refractivity contribution in [3.8, 4) is 0 Å². The molecule has 18 heavy (non-hydrogen) atoms. The van der Waals surface area contributed by atoms with Gasteiger partial charge in [-0.05, 0) is 43.4 Å². The zero-order valence-corrected chi connectivity index (χ0v) is 10.8. The van der Waals surface area contributed by atoms with Crippen LogP contribution in [-0.4, -0.2) is 18.5 Å². The van der Waals surface area contributed by atoms with Crippen LogP contribution in [0.3, 0.4) is 0 Å². The minimum atomic E-state index is -0.322. The van der Waals surface area contributed by atoms with Gasteiger partial charge in [0.05, 0.1) is 6.04 Å². The maximum atomic E-state index is 10.9. The lowest BCUT2D eigenvalue weighted by atomic mass is 10.2. The Kier molecular flexibility index (Phi) is 4.20. The first-order valence-electron chi connectivity index (χ1n) is 6.50. The van der Waals surface area contributed by atoms with Crippen molar-refractivity contribution in [3.63, 3.8) is 0 Å². The zero-order valence-electron chi connectivity index (χ0n) is 10.8.